The first-order valence-corrected chi connectivity index (χ1v) is 6.72. The molecule has 1 fully saturated rings. The van der Waals surface area contributed by atoms with Crippen LogP contribution in [0, 0.1) is 0 Å². The second-order valence-electron chi connectivity index (χ2n) is 4.89. The van der Waals surface area contributed by atoms with Crippen LogP contribution in [0.3, 0.4) is 0 Å². The summed E-state index contributed by atoms with van der Waals surface area (Å²) in [7, 11) is 1.76. The Kier molecular flexibility index (Phi) is 4.37. The Balaban J connectivity index is 1.90. The number of amides is 1. The third kappa shape index (κ3) is 3.23. The largest absolute Gasteiger partial charge is 0.376 e. The van der Waals surface area contributed by atoms with Crippen LogP contribution < -0.4 is 10.6 Å². The number of nitrogens with zero attached hydrogens (tertiary/aromatic N) is 1. The van der Waals surface area contributed by atoms with E-state index < -0.39 is 0 Å². The van der Waals surface area contributed by atoms with Gasteiger partial charge in [-0.1, -0.05) is 0 Å². The third-order valence-corrected chi connectivity index (χ3v) is 3.65. The molecule has 5 nitrogen and oxygen atoms in total. The average Bonchev–Trinajstić information content (AvgIpc) is 2.39. The molecule has 0 radical (unpaired) electrons. The molecule has 0 bridgehead atoms. The van der Waals surface area contributed by atoms with Gasteiger partial charge < -0.3 is 15.4 Å². The molecule has 1 amide bonds. The van der Waals surface area contributed by atoms with Gasteiger partial charge in [0.2, 0.25) is 0 Å². The number of carbonyl (C=O) groups excluding carboxylic acids is 1. The van der Waals surface area contributed by atoms with Crippen LogP contribution in [0.25, 0.3) is 0 Å². The van der Waals surface area contributed by atoms with Crippen molar-refractivity contribution in [3.8, 4) is 0 Å². The van der Waals surface area contributed by atoms with Gasteiger partial charge in [0.1, 0.15) is 5.82 Å². The molecule has 1 aliphatic carbocycles. The van der Waals surface area contributed by atoms with Crippen LogP contribution in [0.2, 0.25) is 0 Å². The smallest absolute Gasteiger partial charge is 0.252 e. The van der Waals surface area contributed by atoms with E-state index in [1.165, 1.54) is 6.42 Å². The molecule has 1 heterocycles. The summed E-state index contributed by atoms with van der Waals surface area (Å²) in [6.07, 6.45) is 4.99. The van der Waals surface area contributed by atoms with E-state index >= 15 is 0 Å². The summed E-state index contributed by atoms with van der Waals surface area (Å²) in [4.78, 5) is 15.8. The van der Waals surface area contributed by atoms with Crippen LogP contribution in [-0.2, 0) is 4.74 Å². The zero-order valence-corrected chi connectivity index (χ0v) is 11.5. The lowest BCUT2D eigenvalue weighted by Gasteiger charge is -2.40. The van der Waals surface area contributed by atoms with Crippen LogP contribution in [-0.4, -0.2) is 36.7 Å². The second-order valence-corrected chi connectivity index (χ2v) is 4.89. The Hall–Kier alpha value is -1.62. The van der Waals surface area contributed by atoms with Crippen molar-refractivity contribution in [3.63, 3.8) is 0 Å². The summed E-state index contributed by atoms with van der Waals surface area (Å²) in [5.41, 5.74) is 0.553. The Bertz CT molecular complexity index is 421. The quantitative estimate of drug-likeness (QED) is 0.821. The summed E-state index contributed by atoms with van der Waals surface area (Å²) in [5.74, 6) is 0.685. The molecule has 1 aromatic rings. The summed E-state index contributed by atoms with van der Waals surface area (Å²) < 4.78 is 5.54. The highest BCUT2D eigenvalue weighted by molar-refractivity contribution is 5.93. The molecule has 0 atom stereocenters. The maximum Gasteiger partial charge on any atom is 0.252 e. The molecule has 0 unspecified atom stereocenters. The number of carbonyl (C=O) groups is 1. The first kappa shape index (κ1) is 13.8. The minimum Gasteiger partial charge on any atom is -0.376 e. The van der Waals surface area contributed by atoms with E-state index in [-0.39, 0.29) is 11.5 Å². The normalized spacial score (nSPS) is 16.5. The number of methoxy groups -OCH3 is 1. The van der Waals surface area contributed by atoms with E-state index in [0.29, 0.717) is 12.1 Å². The summed E-state index contributed by atoms with van der Waals surface area (Å²) >= 11 is 0. The molecule has 104 valence electrons. The molecule has 1 aliphatic rings. The maximum absolute atomic E-state index is 11.6. The highest BCUT2D eigenvalue weighted by atomic mass is 16.5. The SMILES string of the molecule is CCNC(=O)c1ccc(NCC2(OC)CCC2)nc1. The van der Waals surface area contributed by atoms with Gasteiger partial charge >= 0.3 is 0 Å². The fourth-order valence-electron chi connectivity index (χ4n) is 2.17. The van der Waals surface area contributed by atoms with E-state index in [2.05, 4.69) is 15.6 Å². The van der Waals surface area contributed by atoms with Gasteiger partial charge in [0, 0.05) is 26.4 Å². The third-order valence-electron chi connectivity index (χ3n) is 3.65. The van der Waals surface area contributed by atoms with Crippen molar-refractivity contribution in [2.24, 2.45) is 0 Å². The fraction of sp³-hybridized carbons (Fsp3) is 0.571. The molecule has 1 saturated carbocycles. The van der Waals surface area contributed by atoms with Gasteiger partial charge in [-0.05, 0) is 38.3 Å². The van der Waals surface area contributed by atoms with Crippen LogP contribution in [0.1, 0.15) is 36.5 Å². The zero-order chi connectivity index (χ0) is 13.7. The molecule has 0 saturated heterocycles. The van der Waals surface area contributed by atoms with Gasteiger partial charge in [-0.3, -0.25) is 4.79 Å². The minimum atomic E-state index is -0.0890. The van der Waals surface area contributed by atoms with Crippen molar-refractivity contribution in [2.45, 2.75) is 31.8 Å². The Morgan fingerprint density at radius 3 is 2.74 bits per heavy atom. The van der Waals surface area contributed by atoms with Crippen molar-refractivity contribution in [1.29, 1.82) is 0 Å². The molecule has 0 aliphatic heterocycles. The number of nitrogens with one attached hydrogen (secondary N) is 2. The number of rotatable bonds is 6. The predicted octanol–water partition coefficient (Wildman–Crippen LogP) is 1.81. The topological polar surface area (TPSA) is 63.2 Å². The van der Waals surface area contributed by atoms with Crippen molar-refractivity contribution in [1.82, 2.24) is 10.3 Å². The summed E-state index contributed by atoms with van der Waals surface area (Å²) in [5, 5.41) is 6.01. The Morgan fingerprint density at radius 2 is 2.26 bits per heavy atom. The van der Waals surface area contributed by atoms with E-state index in [4.69, 9.17) is 4.74 Å². The van der Waals surface area contributed by atoms with Gasteiger partial charge in [0.05, 0.1) is 11.2 Å². The molecule has 0 spiro atoms. The number of hydrogen-bond donors (Lipinski definition) is 2. The second kappa shape index (κ2) is 6.02. The first-order valence-electron chi connectivity index (χ1n) is 6.72. The van der Waals surface area contributed by atoms with Crippen LogP contribution >= 0.6 is 0 Å². The summed E-state index contributed by atoms with van der Waals surface area (Å²) in [6, 6.07) is 3.60. The molecule has 1 aromatic heterocycles. The zero-order valence-electron chi connectivity index (χ0n) is 11.5. The van der Waals surface area contributed by atoms with Gasteiger partial charge in [-0.25, -0.2) is 4.98 Å². The molecule has 19 heavy (non-hydrogen) atoms. The number of hydrogen-bond acceptors (Lipinski definition) is 4. The van der Waals surface area contributed by atoms with Crippen LogP contribution in [0.15, 0.2) is 18.3 Å². The standard InChI is InChI=1S/C14H21N3O2/c1-3-15-13(18)11-5-6-12(16-9-11)17-10-14(19-2)7-4-8-14/h5-6,9H,3-4,7-8,10H2,1-2H3,(H,15,18)(H,16,17). The minimum absolute atomic E-state index is 0.0278. The highest BCUT2D eigenvalue weighted by Crippen LogP contribution is 2.34. The number of ether oxygens (including phenoxy) is 1. The van der Waals surface area contributed by atoms with Crippen LogP contribution in [0.4, 0.5) is 5.82 Å². The lowest BCUT2D eigenvalue weighted by Crippen LogP contribution is -2.45. The first-order chi connectivity index (χ1) is 9.19. The van der Waals surface area contributed by atoms with Crippen molar-refractivity contribution >= 4 is 11.7 Å². The Labute approximate surface area is 113 Å². The fourth-order valence-corrected chi connectivity index (χ4v) is 2.17. The van der Waals surface area contributed by atoms with Gasteiger partial charge in [0.25, 0.3) is 5.91 Å². The number of pyridine rings is 1. The van der Waals surface area contributed by atoms with E-state index in [9.17, 15) is 4.79 Å². The maximum atomic E-state index is 11.6. The van der Waals surface area contributed by atoms with Gasteiger partial charge in [0.15, 0.2) is 0 Å². The average molecular weight is 263 g/mol. The molecular formula is C14H21N3O2. The van der Waals surface area contributed by atoms with Gasteiger partial charge in [-0.15, -0.1) is 0 Å². The molecule has 2 N–H and O–H groups in total. The van der Waals surface area contributed by atoms with E-state index in [0.717, 1.165) is 25.2 Å². The number of aromatic nitrogens is 1. The molecule has 5 heteroatoms. The monoisotopic (exact) mass is 263 g/mol. The Morgan fingerprint density at radius 1 is 1.47 bits per heavy atom. The van der Waals surface area contributed by atoms with Crippen molar-refractivity contribution in [3.05, 3.63) is 23.9 Å². The molecular weight excluding hydrogens is 242 g/mol. The van der Waals surface area contributed by atoms with Crippen molar-refractivity contribution in [2.75, 3.05) is 25.5 Å². The lowest BCUT2D eigenvalue weighted by atomic mass is 9.80. The molecule has 0 aromatic carbocycles. The highest BCUT2D eigenvalue weighted by Gasteiger charge is 2.36. The van der Waals surface area contributed by atoms with Crippen LogP contribution in [0.5, 0.6) is 0 Å². The van der Waals surface area contributed by atoms with Gasteiger partial charge in [-0.2, -0.15) is 0 Å². The lowest BCUT2D eigenvalue weighted by molar-refractivity contribution is -0.0601. The summed E-state index contributed by atoms with van der Waals surface area (Å²) in [6.45, 7) is 3.27. The van der Waals surface area contributed by atoms with E-state index in [1.54, 1.807) is 19.4 Å². The number of anilines is 1. The molecule has 2 rings (SSSR count). The van der Waals surface area contributed by atoms with E-state index in [1.807, 2.05) is 13.0 Å². The predicted molar refractivity (Wildman–Crippen MR) is 74.3 cm³/mol. The van der Waals surface area contributed by atoms with Crippen molar-refractivity contribution < 1.29 is 9.53 Å².